The second-order valence-corrected chi connectivity index (χ2v) is 8.85. The Labute approximate surface area is 256 Å². The van der Waals surface area contributed by atoms with Crippen LogP contribution >= 0.6 is 11.6 Å². The van der Waals surface area contributed by atoms with Crippen molar-refractivity contribution in [3.05, 3.63) is 47.3 Å². The monoisotopic (exact) mass is 972 g/mol. The molecule has 2 atom stereocenters. The molecule has 2 unspecified atom stereocenters. The first kappa shape index (κ1) is 29.4. The Morgan fingerprint density at radius 1 is 1.22 bits per heavy atom. The van der Waals surface area contributed by atoms with E-state index in [4.69, 9.17) is 20.8 Å². The molecular formula is C22H20ClF3N4O4U2. The van der Waals surface area contributed by atoms with E-state index in [1.807, 2.05) is 6.92 Å². The van der Waals surface area contributed by atoms with Crippen LogP contribution in [0.1, 0.15) is 29.4 Å². The number of piperidine rings is 1. The molecule has 2 aliphatic rings. The van der Waals surface area contributed by atoms with Crippen molar-refractivity contribution in [3.8, 4) is 11.1 Å². The van der Waals surface area contributed by atoms with Crippen molar-refractivity contribution in [2.45, 2.75) is 25.6 Å². The van der Waals surface area contributed by atoms with Gasteiger partial charge in [-0.25, -0.2) is 9.78 Å². The summed E-state index contributed by atoms with van der Waals surface area (Å²) in [6.45, 7) is 3.38. The van der Waals surface area contributed by atoms with Crippen LogP contribution in [0.5, 0.6) is 0 Å². The van der Waals surface area contributed by atoms with Crippen LogP contribution in [0.4, 0.5) is 18.0 Å². The van der Waals surface area contributed by atoms with Crippen LogP contribution in [0.25, 0.3) is 16.8 Å². The maximum absolute atomic E-state index is 13.9. The predicted octanol–water partition coefficient (Wildman–Crippen LogP) is 4.57. The van der Waals surface area contributed by atoms with E-state index in [2.05, 4.69) is 4.98 Å². The molecular weight excluding hydrogens is 953 g/mol. The zero-order valence-electron chi connectivity index (χ0n) is 19.0. The molecule has 188 valence electrons. The Hall–Kier alpha value is -1.11. The number of amides is 2. The molecule has 0 spiro atoms. The van der Waals surface area contributed by atoms with E-state index in [-0.39, 0.29) is 96.7 Å². The number of carbonyl (C=O) groups excluding carboxylic acids is 2. The molecule has 3 aromatic heterocycles. The van der Waals surface area contributed by atoms with Crippen molar-refractivity contribution in [2.75, 3.05) is 26.2 Å². The molecule has 0 N–H and O–H groups in total. The van der Waals surface area contributed by atoms with Crippen LogP contribution in [0.2, 0.25) is 5.15 Å². The summed E-state index contributed by atoms with van der Waals surface area (Å²) in [6.07, 6.45) is -0.495. The number of aromatic nitrogens is 2. The third-order valence-electron chi connectivity index (χ3n) is 6.36. The molecule has 2 fully saturated rings. The zero-order valence-corrected chi connectivity index (χ0v) is 28.1. The second kappa shape index (κ2) is 11.3. The van der Waals surface area contributed by atoms with E-state index in [1.165, 1.54) is 29.7 Å². The van der Waals surface area contributed by atoms with Crippen molar-refractivity contribution in [3.63, 3.8) is 0 Å². The van der Waals surface area contributed by atoms with Crippen LogP contribution in [0.15, 0.2) is 35.3 Å². The number of carbonyl (C=O) groups is 2. The average Bonchev–Trinajstić information content (AvgIpc) is 3.53. The largest absolute Gasteiger partial charge is 0.472 e. The van der Waals surface area contributed by atoms with Gasteiger partial charge in [-0.3, -0.25) is 9.20 Å². The molecule has 0 aliphatic carbocycles. The Kier molecular flexibility index (Phi) is 9.27. The molecule has 36 heavy (non-hydrogen) atoms. The summed E-state index contributed by atoms with van der Waals surface area (Å²) in [4.78, 5) is 32.4. The number of furan rings is 1. The number of likely N-dealkylation sites (tertiary alicyclic amines) is 1. The van der Waals surface area contributed by atoms with E-state index in [0.717, 1.165) is 10.5 Å². The fourth-order valence-corrected chi connectivity index (χ4v) is 4.94. The van der Waals surface area contributed by atoms with E-state index >= 15 is 0 Å². The van der Waals surface area contributed by atoms with Crippen LogP contribution in [-0.4, -0.2) is 63.5 Å². The van der Waals surface area contributed by atoms with Gasteiger partial charge in [-0.1, -0.05) is 18.5 Å². The molecule has 0 saturated carbocycles. The first-order valence-corrected chi connectivity index (χ1v) is 11.1. The number of rotatable bonds is 3. The summed E-state index contributed by atoms with van der Waals surface area (Å²) in [6, 6.07) is 2.41. The molecule has 5 heterocycles. The van der Waals surface area contributed by atoms with Crippen molar-refractivity contribution < 1.29 is 94.1 Å². The van der Waals surface area contributed by atoms with Crippen molar-refractivity contribution in [1.29, 1.82) is 0 Å². The third-order valence-corrected chi connectivity index (χ3v) is 6.73. The number of alkyl halides is 3. The van der Waals surface area contributed by atoms with Gasteiger partial charge in [0.25, 0.3) is 5.91 Å². The molecule has 2 amide bonds. The van der Waals surface area contributed by atoms with Gasteiger partial charge in [0.1, 0.15) is 11.8 Å². The van der Waals surface area contributed by atoms with Gasteiger partial charge in [0.2, 0.25) is 0 Å². The van der Waals surface area contributed by atoms with E-state index in [1.54, 1.807) is 4.90 Å². The summed E-state index contributed by atoms with van der Waals surface area (Å²) in [7, 11) is 0. The summed E-state index contributed by atoms with van der Waals surface area (Å²) in [5.74, 6) is -0.612. The summed E-state index contributed by atoms with van der Waals surface area (Å²) >= 11 is 6.41. The standard InChI is InChI=1S/C22H20ClF3N4O4.2U/c1-12-9-28(4-2-16(12)29-5-7-34-21(29)32)20(31)17-18(23)30-10-14(13-3-6-33-11-13)8-15(19(30)27-17)22(24,25)26;;/h3,6,8,10-12,16H,2,4-5,7,9H2,1H3;;. The first-order chi connectivity index (χ1) is 16.1. The van der Waals surface area contributed by atoms with Gasteiger partial charge in [-0.2, -0.15) is 13.2 Å². The number of imidazole rings is 1. The van der Waals surface area contributed by atoms with Crippen LogP contribution in [0.3, 0.4) is 0 Å². The van der Waals surface area contributed by atoms with Crippen molar-refractivity contribution >= 4 is 29.2 Å². The molecule has 0 aromatic carbocycles. The fourth-order valence-electron chi connectivity index (χ4n) is 4.69. The number of fused-ring (bicyclic) bond motifs is 1. The van der Waals surface area contributed by atoms with E-state index in [9.17, 15) is 22.8 Å². The van der Waals surface area contributed by atoms with Crippen molar-refractivity contribution in [1.82, 2.24) is 19.2 Å². The van der Waals surface area contributed by atoms with Gasteiger partial charge < -0.3 is 19.0 Å². The Bertz CT molecular complexity index is 1270. The number of pyridine rings is 1. The molecule has 0 radical (unpaired) electrons. The normalized spacial score (nSPS) is 20.2. The molecule has 2 saturated heterocycles. The minimum atomic E-state index is -4.72. The molecule has 8 nitrogen and oxygen atoms in total. The topological polar surface area (TPSA) is 80.3 Å². The smallest absolute Gasteiger partial charge is 0.420 e. The maximum atomic E-state index is 13.9. The first-order valence-electron chi connectivity index (χ1n) is 10.7. The average molecular weight is 973 g/mol. The van der Waals surface area contributed by atoms with E-state index in [0.29, 0.717) is 38.2 Å². The molecule has 5 rings (SSSR count). The predicted molar refractivity (Wildman–Crippen MR) is 114 cm³/mol. The third kappa shape index (κ3) is 5.38. The summed E-state index contributed by atoms with van der Waals surface area (Å²) in [5.41, 5.74) is -1.05. The maximum Gasteiger partial charge on any atom is 0.420 e. The van der Waals surface area contributed by atoms with Gasteiger partial charge in [0, 0.05) is 98.7 Å². The second-order valence-electron chi connectivity index (χ2n) is 8.49. The van der Waals surface area contributed by atoms with Crippen LogP contribution in [-0.2, 0) is 10.9 Å². The molecule has 0 bridgehead atoms. The number of nitrogens with zero attached hydrogens (tertiary/aromatic N) is 4. The number of hydrogen-bond donors (Lipinski definition) is 0. The Morgan fingerprint density at radius 3 is 2.56 bits per heavy atom. The zero-order chi connectivity index (χ0) is 24.2. The van der Waals surface area contributed by atoms with Gasteiger partial charge in [0.15, 0.2) is 11.3 Å². The number of halogens is 4. The minimum absolute atomic E-state index is 0. The van der Waals surface area contributed by atoms with Crippen LogP contribution in [0, 0.1) is 68.1 Å². The number of hydrogen-bond acceptors (Lipinski definition) is 5. The summed E-state index contributed by atoms with van der Waals surface area (Å²) in [5, 5.41) is -0.200. The van der Waals surface area contributed by atoms with Crippen LogP contribution < -0.4 is 0 Å². The van der Waals surface area contributed by atoms with Gasteiger partial charge >= 0.3 is 12.3 Å². The van der Waals surface area contributed by atoms with Gasteiger partial charge in [-0.15, -0.1) is 0 Å². The molecule has 14 heteroatoms. The Morgan fingerprint density at radius 2 is 1.97 bits per heavy atom. The number of ether oxygens (including phenoxy) is 1. The summed E-state index contributed by atoms with van der Waals surface area (Å²) < 4.78 is 52.6. The van der Waals surface area contributed by atoms with Crippen molar-refractivity contribution in [2.24, 2.45) is 5.92 Å². The van der Waals surface area contributed by atoms with Gasteiger partial charge in [0.05, 0.1) is 24.6 Å². The quantitative estimate of drug-likeness (QED) is 0.385. The molecule has 3 aromatic rings. The number of cyclic esters (lactones) is 1. The SMILES string of the molecule is CC1CN(C(=O)c2nc3c(C(F)(F)F)cc(-c4ccoc4)cn3c2Cl)CCC1N1CCOC1=O.[U].[U]. The molecule has 2 aliphatic heterocycles. The Balaban J connectivity index is 0.00000180. The van der Waals surface area contributed by atoms with E-state index < -0.39 is 23.3 Å². The minimum Gasteiger partial charge on any atom is -0.472 e. The fraction of sp³-hybridized carbons (Fsp3) is 0.409. The van der Waals surface area contributed by atoms with Gasteiger partial charge in [-0.05, 0) is 24.5 Å².